The van der Waals surface area contributed by atoms with E-state index in [1.54, 1.807) is 29.2 Å². The second kappa shape index (κ2) is 11.7. The molecule has 1 amide bonds. The number of hydrogen-bond donors (Lipinski definition) is 1. The Morgan fingerprint density at radius 3 is 2.38 bits per heavy atom. The van der Waals surface area contributed by atoms with Gasteiger partial charge >= 0.3 is 0 Å². The lowest BCUT2D eigenvalue weighted by atomic mass is 9.95. The first-order chi connectivity index (χ1) is 16.4. The molecule has 1 N–H and O–H groups in total. The predicted octanol–water partition coefficient (Wildman–Crippen LogP) is 5.73. The van der Waals surface area contributed by atoms with Gasteiger partial charge in [-0.2, -0.15) is 0 Å². The topological polar surface area (TPSA) is 76.1 Å². The SMILES string of the molecule is CCCCN1C(=O)C(=O)/C(=C(\O)c2ccc(OCC(C)C)cc2)C1c1cccc(OCCC)c1. The number of hydrogen-bond acceptors (Lipinski definition) is 5. The van der Waals surface area contributed by atoms with Crippen LogP contribution in [0.2, 0.25) is 0 Å². The summed E-state index contributed by atoms with van der Waals surface area (Å²) in [7, 11) is 0. The number of aliphatic hydroxyl groups excluding tert-OH is 1. The summed E-state index contributed by atoms with van der Waals surface area (Å²) in [5.74, 6) is 0.315. The van der Waals surface area contributed by atoms with E-state index in [4.69, 9.17) is 9.47 Å². The highest BCUT2D eigenvalue weighted by atomic mass is 16.5. The van der Waals surface area contributed by atoms with E-state index in [-0.39, 0.29) is 11.3 Å². The maximum Gasteiger partial charge on any atom is 0.295 e. The first kappa shape index (κ1) is 25.3. The molecule has 34 heavy (non-hydrogen) atoms. The van der Waals surface area contributed by atoms with Crippen molar-refractivity contribution in [3.8, 4) is 11.5 Å². The van der Waals surface area contributed by atoms with E-state index in [0.717, 1.165) is 24.8 Å². The number of nitrogens with zero attached hydrogens (tertiary/aromatic N) is 1. The van der Waals surface area contributed by atoms with Crippen LogP contribution in [0.1, 0.15) is 64.1 Å². The minimum atomic E-state index is -0.673. The summed E-state index contributed by atoms with van der Waals surface area (Å²) < 4.78 is 11.5. The van der Waals surface area contributed by atoms with Crippen molar-refractivity contribution in [2.75, 3.05) is 19.8 Å². The van der Waals surface area contributed by atoms with E-state index in [1.165, 1.54) is 0 Å². The smallest absolute Gasteiger partial charge is 0.295 e. The molecule has 3 rings (SSSR count). The number of ether oxygens (including phenoxy) is 2. The van der Waals surface area contributed by atoms with Crippen LogP contribution in [-0.4, -0.2) is 41.5 Å². The molecule has 1 fully saturated rings. The molecule has 0 aromatic heterocycles. The molecule has 1 aliphatic rings. The van der Waals surface area contributed by atoms with Crippen LogP contribution in [0.4, 0.5) is 0 Å². The molecule has 1 unspecified atom stereocenters. The fraction of sp³-hybridized carbons (Fsp3) is 0.429. The largest absolute Gasteiger partial charge is 0.507 e. The van der Waals surface area contributed by atoms with Crippen LogP contribution < -0.4 is 9.47 Å². The third kappa shape index (κ3) is 5.79. The lowest BCUT2D eigenvalue weighted by Gasteiger charge is -2.25. The average Bonchev–Trinajstić information content (AvgIpc) is 3.09. The van der Waals surface area contributed by atoms with E-state index < -0.39 is 17.7 Å². The van der Waals surface area contributed by atoms with E-state index in [1.807, 2.05) is 38.1 Å². The van der Waals surface area contributed by atoms with Gasteiger partial charge < -0.3 is 19.5 Å². The van der Waals surface area contributed by atoms with Gasteiger partial charge in [0.25, 0.3) is 11.7 Å². The lowest BCUT2D eigenvalue weighted by Crippen LogP contribution is -2.30. The fourth-order valence-electron chi connectivity index (χ4n) is 3.91. The molecule has 0 radical (unpaired) electrons. The number of amides is 1. The molecule has 0 bridgehead atoms. The van der Waals surface area contributed by atoms with Crippen molar-refractivity contribution in [2.24, 2.45) is 5.92 Å². The van der Waals surface area contributed by atoms with Crippen LogP contribution >= 0.6 is 0 Å². The van der Waals surface area contributed by atoms with Crippen LogP contribution in [0.3, 0.4) is 0 Å². The molecule has 1 saturated heterocycles. The zero-order valence-electron chi connectivity index (χ0n) is 20.5. The van der Waals surface area contributed by atoms with E-state index in [9.17, 15) is 14.7 Å². The highest BCUT2D eigenvalue weighted by Gasteiger charge is 2.45. The van der Waals surface area contributed by atoms with Gasteiger partial charge in [0.2, 0.25) is 0 Å². The van der Waals surface area contributed by atoms with Crippen molar-refractivity contribution >= 4 is 17.4 Å². The number of carbonyl (C=O) groups excluding carboxylic acids is 2. The molecule has 6 nitrogen and oxygen atoms in total. The van der Waals surface area contributed by atoms with Gasteiger partial charge in [-0.1, -0.05) is 46.2 Å². The first-order valence-corrected chi connectivity index (χ1v) is 12.1. The first-order valence-electron chi connectivity index (χ1n) is 12.1. The molecule has 1 atom stereocenters. The van der Waals surface area contributed by atoms with Crippen molar-refractivity contribution in [3.63, 3.8) is 0 Å². The standard InChI is InChI=1S/C28H35NO5/c1-5-7-15-29-25(21-9-8-10-23(17-21)33-16-6-2)24(27(31)28(29)32)26(30)20-11-13-22(14-12-20)34-18-19(3)4/h8-14,17,19,25,30H,5-7,15-16,18H2,1-4H3/b26-24-. The Hall–Kier alpha value is -3.28. The molecule has 6 heteroatoms. The fourth-order valence-corrected chi connectivity index (χ4v) is 3.91. The summed E-state index contributed by atoms with van der Waals surface area (Å²) in [4.78, 5) is 27.7. The van der Waals surface area contributed by atoms with Crippen LogP contribution in [-0.2, 0) is 9.59 Å². The summed E-state index contributed by atoms with van der Waals surface area (Å²) in [6, 6.07) is 13.7. The summed E-state index contributed by atoms with van der Waals surface area (Å²) in [6.07, 6.45) is 2.51. The molecule has 0 aliphatic carbocycles. The quantitative estimate of drug-likeness (QED) is 0.260. The van der Waals surface area contributed by atoms with Crippen molar-refractivity contribution in [1.29, 1.82) is 0 Å². The van der Waals surface area contributed by atoms with Crippen LogP contribution in [0.5, 0.6) is 11.5 Å². The van der Waals surface area contributed by atoms with Gasteiger partial charge in [0.15, 0.2) is 0 Å². The van der Waals surface area contributed by atoms with Gasteiger partial charge in [0.1, 0.15) is 17.3 Å². The van der Waals surface area contributed by atoms with Crippen molar-refractivity contribution in [2.45, 2.75) is 53.0 Å². The minimum absolute atomic E-state index is 0.101. The van der Waals surface area contributed by atoms with Crippen LogP contribution in [0.25, 0.3) is 5.76 Å². The molecule has 0 saturated carbocycles. The maximum atomic E-state index is 13.1. The second-order valence-corrected chi connectivity index (χ2v) is 9.00. The minimum Gasteiger partial charge on any atom is -0.507 e. The molecule has 0 spiro atoms. The Kier molecular flexibility index (Phi) is 8.74. The number of ketones is 1. The Morgan fingerprint density at radius 1 is 1.00 bits per heavy atom. The van der Waals surface area contributed by atoms with Gasteiger partial charge in [-0.05, 0) is 60.7 Å². The number of rotatable bonds is 11. The lowest BCUT2D eigenvalue weighted by molar-refractivity contribution is -0.139. The zero-order chi connectivity index (χ0) is 24.7. The number of Topliss-reactive ketones (excluding diaryl/α,β-unsaturated/α-hetero) is 1. The number of carbonyl (C=O) groups is 2. The molecular weight excluding hydrogens is 430 g/mol. The second-order valence-electron chi connectivity index (χ2n) is 9.00. The van der Waals surface area contributed by atoms with E-state index in [0.29, 0.717) is 42.7 Å². The van der Waals surface area contributed by atoms with Crippen LogP contribution in [0.15, 0.2) is 54.1 Å². The molecule has 2 aromatic rings. The van der Waals surface area contributed by atoms with Crippen molar-refractivity contribution in [3.05, 3.63) is 65.2 Å². The maximum absolute atomic E-state index is 13.1. The molecule has 182 valence electrons. The van der Waals surface area contributed by atoms with Gasteiger partial charge in [0, 0.05) is 12.1 Å². The highest BCUT2D eigenvalue weighted by molar-refractivity contribution is 6.46. The predicted molar refractivity (Wildman–Crippen MR) is 133 cm³/mol. The van der Waals surface area contributed by atoms with E-state index >= 15 is 0 Å². The van der Waals surface area contributed by atoms with Crippen molar-refractivity contribution < 1.29 is 24.2 Å². The number of unbranched alkanes of at least 4 members (excludes halogenated alkanes) is 1. The number of likely N-dealkylation sites (tertiary alicyclic amines) is 1. The molecule has 1 heterocycles. The average molecular weight is 466 g/mol. The monoisotopic (exact) mass is 465 g/mol. The highest BCUT2D eigenvalue weighted by Crippen LogP contribution is 2.40. The summed E-state index contributed by atoms with van der Waals surface area (Å²) in [6.45, 7) is 9.80. The van der Waals surface area contributed by atoms with Crippen LogP contribution in [0, 0.1) is 5.92 Å². The molecule has 1 aliphatic heterocycles. The number of benzene rings is 2. The van der Waals surface area contributed by atoms with Gasteiger partial charge in [0.05, 0.1) is 24.8 Å². The van der Waals surface area contributed by atoms with Gasteiger partial charge in [-0.25, -0.2) is 0 Å². The van der Waals surface area contributed by atoms with Gasteiger partial charge in [-0.15, -0.1) is 0 Å². The molecular formula is C28H35NO5. The number of aliphatic hydroxyl groups is 1. The Balaban J connectivity index is 2.02. The third-order valence-corrected chi connectivity index (χ3v) is 5.65. The van der Waals surface area contributed by atoms with Crippen molar-refractivity contribution in [1.82, 2.24) is 4.90 Å². The third-order valence-electron chi connectivity index (χ3n) is 5.65. The Morgan fingerprint density at radius 2 is 1.74 bits per heavy atom. The summed E-state index contributed by atoms with van der Waals surface area (Å²) >= 11 is 0. The van der Waals surface area contributed by atoms with Gasteiger partial charge in [-0.3, -0.25) is 9.59 Å². The molecule has 2 aromatic carbocycles. The summed E-state index contributed by atoms with van der Waals surface area (Å²) in [5.41, 5.74) is 1.31. The zero-order valence-corrected chi connectivity index (χ0v) is 20.5. The van der Waals surface area contributed by atoms with E-state index in [2.05, 4.69) is 13.8 Å². The Labute approximate surface area is 202 Å². The normalized spacial score (nSPS) is 17.4. The summed E-state index contributed by atoms with van der Waals surface area (Å²) in [5, 5.41) is 11.2. The Bertz CT molecular complexity index is 1030.